The lowest BCUT2D eigenvalue weighted by Crippen LogP contribution is -2.52. The van der Waals surface area contributed by atoms with Gasteiger partial charge in [-0.15, -0.1) is 0 Å². The van der Waals surface area contributed by atoms with Crippen molar-refractivity contribution in [2.75, 3.05) is 32.7 Å². The quantitative estimate of drug-likeness (QED) is 0.525. The van der Waals surface area contributed by atoms with Crippen LogP contribution in [0.2, 0.25) is 5.02 Å². The van der Waals surface area contributed by atoms with E-state index in [-0.39, 0.29) is 12.1 Å². The van der Waals surface area contributed by atoms with Gasteiger partial charge in [-0.2, -0.15) is 0 Å². The number of H-pyrrole nitrogens is 1. The summed E-state index contributed by atoms with van der Waals surface area (Å²) < 4.78 is 0. The third-order valence-electron chi connectivity index (χ3n) is 6.92. The molecule has 2 amide bonds. The maximum absolute atomic E-state index is 12.7. The summed E-state index contributed by atoms with van der Waals surface area (Å²) in [6.07, 6.45) is 10.3. The van der Waals surface area contributed by atoms with E-state index in [1.807, 2.05) is 29.4 Å². The number of aromatic nitrogens is 3. The van der Waals surface area contributed by atoms with Gasteiger partial charge in [-0.3, -0.25) is 9.88 Å². The van der Waals surface area contributed by atoms with Gasteiger partial charge >= 0.3 is 6.03 Å². The van der Waals surface area contributed by atoms with Crippen molar-refractivity contribution in [3.05, 3.63) is 82.2 Å². The van der Waals surface area contributed by atoms with Crippen molar-refractivity contribution in [1.29, 1.82) is 0 Å². The SMILES string of the molecule is O=C(NCCCCc1cnc[nH]1)N1CCN(C2c3ccc(Cl)cc3CCc3cccnc32)CC1. The molecule has 1 aromatic carbocycles. The van der Waals surface area contributed by atoms with Gasteiger partial charge in [-0.05, 0) is 67.0 Å². The van der Waals surface area contributed by atoms with Crippen molar-refractivity contribution in [1.82, 2.24) is 30.1 Å². The van der Waals surface area contributed by atoms with E-state index in [0.29, 0.717) is 19.6 Å². The number of nitrogens with zero attached hydrogens (tertiary/aromatic N) is 4. The summed E-state index contributed by atoms with van der Waals surface area (Å²) in [5.74, 6) is 0. The highest BCUT2D eigenvalue weighted by atomic mass is 35.5. The Morgan fingerprint density at radius 1 is 1.12 bits per heavy atom. The molecule has 2 aliphatic rings. The fourth-order valence-electron chi connectivity index (χ4n) is 5.10. The van der Waals surface area contributed by atoms with Crippen LogP contribution in [-0.4, -0.2) is 63.5 Å². The van der Waals surface area contributed by atoms with Gasteiger partial charge in [0.15, 0.2) is 0 Å². The van der Waals surface area contributed by atoms with E-state index in [9.17, 15) is 4.79 Å². The first kappa shape index (κ1) is 22.9. The van der Waals surface area contributed by atoms with E-state index >= 15 is 0 Å². The average molecular weight is 479 g/mol. The molecule has 178 valence electrons. The van der Waals surface area contributed by atoms with Crippen LogP contribution in [-0.2, 0) is 19.3 Å². The summed E-state index contributed by atoms with van der Waals surface area (Å²) in [5.41, 5.74) is 6.16. The number of fused-ring (bicyclic) bond motifs is 2. The number of hydrogen-bond donors (Lipinski definition) is 2. The minimum absolute atomic E-state index is 0.0350. The van der Waals surface area contributed by atoms with E-state index in [0.717, 1.165) is 61.6 Å². The van der Waals surface area contributed by atoms with Gasteiger partial charge < -0.3 is 15.2 Å². The van der Waals surface area contributed by atoms with Gasteiger partial charge in [0.2, 0.25) is 0 Å². The van der Waals surface area contributed by atoms with Gasteiger partial charge in [0.1, 0.15) is 0 Å². The van der Waals surface area contributed by atoms with Crippen molar-refractivity contribution in [2.45, 2.75) is 38.1 Å². The molecule has 0 spiro atoms. The second-order valence-electron chi connectivity index (χ2n) is 9.08. The molecule has 1 unspecified atom stereocenters. The van der Waals surface area contributed by atoms with Crippen molar-refractivity contribution in [3.8, 4) is 0 Å². The monoisotopic (exact) mass is 478 g/mol. The minimum Gasteiger partial charge on any atom is -0.348 e. The number of carbonyl (C=O) groups is 1. The number of carbonyl (C=O) groups excluding carboxylic acids is 1. The molecule has 8 heteroatoms. The van der Waals surface area contributed by atoms with Crippen LogP contribution < -0.4 is 5.32 Å². The van der Waals surface area contributed by atoms with Crippen LogP contribution in [0.3, 0.4) is 0 Å². The summed E-state index contributed by atoms with van der Waals surface area (Å²) in [6, 6.07) is 10.6. The number of pyridine rings is 1. The topological polar surface area (TPSA) is 77.2 Å². The molecule has 0 radical (unpaired) electrons. The molecule has 1 fully saturated rings. The molecule has 5 rings (SSSR count). The van der Waals surface area contributed by atoms with Gasteiger partial charge in [0.25, 0.3) is 0 Å². The molecule has 0 saturated carbocycles. The Morgan fingerprint density at radius 2 is 1.97 bits per heavy atom. The van der Waals surface area contributed by atoms with Gasteiger partial charge in [0, 0.05) is 55.8 Å². The molecular formula is C26H31ClN6O. The Morgan fingerprint density at radius 3 is 2.79 bits per heavy atom. The van der Waals surface area contributed by atoms with Crippen LogP contribution in [0.5, 0.6) is 0 Å². The van der Waals surface area contributed by atoms with Crippen LogP contribution in [0, 0.1) is 0 Å². The van der Waals surface area contributed by atoms with E-state index in [2.05, 4.69) is 38.4 Å². The number of benzene rings is 1. The molecule has 3 aromatic rings. The predicted molar refractivity (Wildman–Crippen MR) is 133 cm³/mol. The maximum atomic E-state index is 12.7. The van der Waals surface area contributed by atoms with Crippen molar-refractivity contribution in [2.24, 2.45) is 0 Å². The smallest absolute Gasteiger partial charge is 0.317 e. The Balaban J connectivity index is 1.19. The van der Waals surface area contributed by atoms with Crippen LogP contribution in [0.4, 0.5) is 4.79 Å². The molecular weight excluding hydrogens is 448 g/mol. The number of hydrogen-bond acceptors (Lipinski definition) is 4. The maximum Gasteiger partial charge on any atom is 0.317 e. The summed E-state index contributed by atoms with van der Waals surface area (Å²) in [4.78, 5) is 29.1. The number of aryl methyl sites for hydroxylation is 3. The number of aromatic amines is 1. The summed E-state index contributed by atoms with van der Waals surface area (Å²) >= 11 is 6.33. The first-order chi connectivity index (χ1) is 16.7. The van der Waals surface area contributed by atoms with E-state index in [1.165, 1.54) is 16.7 Å². The number of imidazole rings is 1. The van der Waals surface area contributed by atoms with Gasteiger partial charge in [-0.25, -0.2) is 9.78 Å². The fourth-order valence-corrected chi connectivity index (χ4v) is 5.30. The zero-order chi connectivity index (χ0) is 23.3. The van der Waals surface area contributed by atoms with E-state index < -0.39 is 0 Å². The van der Waals surface area contributed by atoms with Crippen LogP contribution in [0.15, 0.2) is 49.1 Å². The molecule has 2 aromatic heterocycles. The first-order valence-corrected chi connectivity index (χ1v) is 12.5. The van der Waals surface area contributed by atoms with Crippen LogP contribution >= 0.6 is 11.6 Å². The largest absolute Gasteiger partial charge is 0.348 e. The standard InChI is InChI=1S/C26H31ClN6O/c27-21-8-9-23-20(16-21)7-6-19-4-3-11-29-24(19)25(23)32-12-14-33(15-13-32)26(34)30-10-2-1-5-22-17-28-18-31-22/h3-4,8-9,11,16-18,25H,1-2,5-7,10,12-15H2,(H,28,31)(H,30,34). The molecule has 1 saturated heterocycles. The van der Waals surface area contributed by atoms with Crippen LogP contribution in [0.25, 0.3) is 0 Å². The van der Waals surface area contributed by atoms with E-state index in [1.54, 1.807) is 6.33 Å². The second kappa shape index (κ2) is 10.6. The summed E-state index contributed by atoms with van der Waals surface area (Å²) in [6.45, 7) is 3.75. The van der Waals surface area contributed by atoms with Crippen molar-refractivity contribution >= 4 is 17.6 Å². The lowest BCUT2D eigenvalue weighted by molar-refractivity contribution is 0.119. The Hall–Kier alpha value is -2.90. The lowest BCUT2D eigenvalue weighted by atomic mass is 9.96. The fraction of sp³-hybridized carbons (Fsp3) is 0.423. The summed E-state index contributed by atoms with van der Waals surface area (Å²) in [7, 11) is 0. The van der Waals surface area contributed by atoms with Crippen LogP contribution in [0.1, 0.15) is 47.0 Å². The molecule has 1 aliphatic heterocycles. The Labute approximate surface area is 205 Å². The third kappa shape index (κ3) is 5.10. The Kier molecular flexibility index (Phi) is 7.11. The van der Waals surface area contributed by atoms with Crippen molar-refractivity contribution < 1.29 is 4.79 Å². The normalized spacial score (nSPS) is 18.1. The zero-order valence-corrected chi connectivity index (χ0v) is 20.1. The van der Waals surface area contributed by atoms with Gasteiger partial charge in [-0.1, -0.05) is 23.7 Å². The summed E-state index contributed by atoms with van der Waals surface area (Å²) in [5, 5.41) is 3.87. The second-order valence-corrected chi connectivity index (χ2v) is 9.52. The van der Waals surface area contributed by atoms with Crippen molar-refractivity contribution in [3.63, 3.8) is 0 Å². The molecule has 1 atom stereocenters. The number of nitrogens with one attached hydrogen (secondary N) is 2. The molecule has 0 bridgehead atoms. The van der Waals surface area contributed by atoms with Gasteiger partial charge in [0.05, 0.1) is 18.1 Å². The number of amides is 2. The number of rotatable bonds is 6. The van der Waals surface area contributed by atoms with E-state index in [4.69, 9.17) is 16.6 Å². The highest BCUT2D eigenvalue weighted by Gasteiger charge is 2.33. The first-order valence-electron chi connectivity index (χ1n) is 12.2. The lowest BCUT2D eigenvalue weighted by Gasteiger charge is -2.39. The molecule has 34 heavy (non-hydrogen) atoms. The minimum atomic E-state index is 0.0350. The highest BCUT2D eigenvalue weighted by Crippen LogP contribution is 2.37. The number of urea groups is 1. The molecule has 3 heterocycles. The number of piperazine rings is 1. The predicted octanol–water partition coefficient (Wildman–Crippen LogP) is 4.00. The molecule has 1 aliphatic carbocycles. The number of halogens is 1. The number of unbranched alkanes of at least 4 members (excludes halogenated alkanes) is 1. The Bertz CT molecular complexity index is 1110. The molecule has 2 N–H and O–H groups in total. The molecule has 7 nitrogen and oxygen atoms in total. The highest BCUT2D eigenvalue weighted by molar-refractivity contribution is 6.30. The third-order valence-corrected chi connectivity index (χ3v) is 7.15. The average Bonchev–Trinajstić information content (AvgIpc) is 3.32. The zero-order valence-electron chi connectivity index (χ0n) is 19.3.